The Morgan fingerprint density at radius 1 is 1.45 bits per heavy atom. The Kier molecular flexibility index (Phi) is 3.58. The zero-order valence-electron chi connectivity index (χ0n) is 11.3. The van der Waals surface area contributed by atoms with E-state index < -0.39 is 0 Å². The highest BCUT2D eigenvalue weighted by atomic mass is 32.1. The number of methoxy groups -OCH3 is 1. The molecular weight excluding hydrogens is 290 g/mol. The minimum Gasteiger partial charge on any atom is -0.481 e. The number of pyridine rings is 1. The number of hydrogen-bond acceptors (Lipinski definition) is 4. The number of thiophene rings is 1. The largest absolute Gasteiger partial charge is 0.481 e. The second-order valence-electron chi connectivity index (χ2n) is 4.66. The molecule has 0 saturated heterocycles. The van der Waals surface area contributed by atoms with Crippen molar-refractivity contribution in [3.8, 4) is 5.88 Å². The molecule has 0 saturated carbocycles. The first kappa shape index (κ1) is 13.3. The van der Waals surface area contributed by atoms with Gasteiger partial charge in [0, 0.05) is 23.4 Å². The molecule has 20 heavy (non-hydrogen) atoms. The van der Waals surface area contributed by atoms with E-state index in [1.54, 1.807) is 18.4 Å². The number of aromatic amines is 1. The normalized spacial score (nSPS) is 12.7. The Hall–Kier alpha value is -1.66. The number of imidazole rings is 1. The van der Waals surface area contributed by atoms with Crippen molar-refractivity contribution in [2.24, 2.45) is 0 Å². The lowest BCUT2D eigenvalue weighted by molar-refractivity contribution is 0.398. The van der Waals surface area contributed by atoms with Crippen LogP contribution < -0.4 is 4.74 Å². The number of nitrogens with zero attached hydrogens (tertiary/aromatic N) is 2. The Bertz CT molecular complexity index is 773. The van der Waals surface area contributed by atoms with Crippen LogP contribution in [0, 0.1) is 4.77 Å². The summed E-state index contributed by atoms with van der Waals surface area (Å²) in [6.07, 6.45) is 0.942. The van der Waals surface area contributed by atoms with Gasteiger partial charge in [-0.15, -0.1) is 11.3 Å². The third kappa shape index (κ3) is 2.36. The van der Waals surface area contributed by atoms with Gasteiger partial charge in [-0.3, -0.25) is 4.57 Å². The molecule has 3 heterocycles. The molecule has 4 nitrogen and oxygen atoms in total. The lowest BCUT2D eigenvalue weighted by Gasteiger charge is -2.13. The van der Waals surface area contributed by atoms with Gasteiger partial charge >= 0.3 is 0 Å². The van der Waals surface area contributed by atoms with Crippen LogP contribution in [0.1, 0.15) is 17.8 Å². The van der Waals surface area contributed by atoms with Crippen LogP contribution in [0.15, 0.2) is 29.6 Å². The van der Waals surface area contributed by atoms with Crippen molar-refractivity contribution in [2.75, 3.05) is 7.11 Å². The zero-order chi connectivity index (χ0) is 14.1. The quantitative estimate of drug-likeness (QED) is 0.742. The first-order valence-corrected chi connectivity index (χ1v) is 7.65. The van der Waals surface area contributed by atoms with Crippen molar-refractivity contribution < 1.29 is 4.74 Å². The highest BCUT2D eigenvalue weighted by Gasteiger charge is 2.14. The zero-order valence-corrected chi connectivity index (χ0v) is 12.9. The Balaban J connectivity index is 2.05. The summed E-state index contributed by atoms with van der Waals surface area (Å²) in [7, 11) is 1.62. The van der Waals surface area contributed by atoms with E-state index in [0.717, 1.165) is 17.6 Å². The number of aromatic nitrogens is 3. The second kappa shape index (κ2) is 5.38. The standard InChI is InChI=1S/C14H15N3OS2/c1-9(8-10-4-3-7-20-10)17-13-11(15-14(17)19)5-6-12(16-13)18-2/h3-7,9H,8H2,1-2H3,(H,15,19). The average Bonchev–Trinajstić information content (AvgIpc) is 3.04. The molecule has 0 spiro atoms. The van der Waals surface area contributed by atoms with Gasteiger partial charge in [-0.25, -0.2) is 0 Å². The summed E-state index contributed by atoms with van der Waals surface area (Å²) in [6, 6.07) is 8.25. The van der Waals surface area contributed by atoms with Gasteiger partial charge in [0.1, 0.15) is 0 Å². The second-order valence-corrected chi connectivity index (χ2v) is 6.08. The van der Waals surface area contributed by atoms with Gasteiger partial charge in [0.2, 0.25) is 5.88 Å². The van der Waals surface area contributed by atoms with Crippen molar-refractivity contribution in [2.45, 2.75) is 19.4 Å². The van der Waals surface area contributed by atoms with Gasteiger partial charge in [0.15, 0.2) is 10.4 Å². The van der Waals surface area contributed by atoms with Crippen LogP contribution in [0.4, 0.5) is 0 Å². The predicted octanol–water partition coefficient (Wildman–Crippen LogP) is 3.97. The molecule has 0 aliphatic rings. The van der Waals surface area contributed by atoms with Crippen LogP contribution in [-0.4, -0.2) is 21.6 Å². The van der Waals surface area contributed by atoms with Crippen molar-refractivity contribution >= 4 is 34.7 Å². The van der Waals surface area contributed by atoms with Gasteiger partial charge in [0.25, 0.3) is 0 Å². The molecule has 0 aromatic carbocycles. The molecule has 1 atom stereocenters. The maximum Gasteiger partial charge on any atom is 0.215 e. The summed E-state index contributed by atoms with van der Waals surface area (Å²) in [5, 5.41) is 2.10. The molecule has 0 aliphatic carbocycles. The fourth-order valence-electron chi connectivity index (χ4n) is 2.32. The van der Waals surface area contributed by atoms with E-state index >= 15 is 0 Å². The van der Waals surface area contributed by atoms with Gasteiger partial charge in [-0.2, -0.15) is 4.98 Å². The van der Waals surface area contributed by atoms with Crippen LogP contribution >= 0.6 is 23.6 Å². The Labute approximate surface area is 126 Å². The SMILES string of the molecule is COc1ccc2[nH]c(=S)n(C(C)Cc3cccs3)c2n1. The molecule has 0 bridgehead atoms. The molecule has 3 aromatic rings. The highest BCUT2D eigenvalue weighted by molar-refractivity contribution is 7.71. The first-order chi connectivity index (χ1) is 9.69. The van der Waals surface area contributed by atoms with Crippen LogP contribution in [0.3, 0.4) is 0 Å². The maximum absolute atomic E-state index is 5.43. The summed E-state index contributed by atoms with van der Waals surface area (Å²) in [4.78, 5) is 9.06. The van der Waals surface area contributed by atoms with E-state index in [1.807, 2.05) is 12.1 Å². The van der Waals surface area contributed by atoms with Gasteiger partial charge in [0.05, 0.1) is 12.6 Å². The van der Waals surface area contributed by atoms with E-state index in [-0.39, 0.29) is 6.04 Å². The lowest BCUT2D eigenvalue weighted by Crippen LogP contribution is -2.08. The third-order valence-corrected chi connectivity index (χ3v) is 4.46. The fourth-order valence-corrected chi connectivity index (χ4v) is 3.52. The third-order valence-electron chi connectivity index (χ3n) is 3.26. The molecule has 1 N–H and O–H groups in total. The molecule has 0 radical (unpaired) electrons. The number of rotatable bonds is 4. The molecule has 0 amide bonds. The van der Waals surface area contributed by atoms with E-state index in [1.165, 1.54) is 4.88 Å². The summed E-state index contributed by atoms with van der Waals surface area (Å²) in [5.41, 5.74) is 1.78. The number of ether oxygens (including phenoxy) is 1. The summed E-state index contributed by atoms with van der Waals surface area (Å²) < 4.78 is 7.96. The van der Waals surface area contributed by atoms with Gasteiger partial charge in [-0.05, 0) is 36.7 Å². The first-order valence-electron chi connectivity index (χ1n) is 6.36. The molecule has 1 unspecified atom stereocenters. The molecule has 3 aromatic heterocycles. The smallest absolute Gasteiger partial charge is 0.215 e. The molecule has 104 valence electrons. The molecular formula is C14H15N3OS2. The summed E-state index contributed by atoms with van der Waals surface area (Å²) in [5.74, 6) is 0.601. The molecule has 0 fully saturated rings. The monoisotopic (exact) mass is 305 g/mol. The van der Waals surface area contributed by atoms with Crippen molar-refractivity contribution in [1.29, 1.82) is 0 Å². The van der Waals surface area contributed by atoms with E-state index in [9.17, 15) is 0 Å². The highest BCUT2D eigenvalue weighted by Crippen LogP contribution is 2.24. The Morgan fingerprint density at radius 3 is 3.00 bits per heavy atom. The number of fused-ring (bicyclic) bond motifs is 1. The van der Waals surface area contributed by atoms with Gasteiger partial charge < -0.3 is 9.72 Å². The van der Waals surface area contributed by atoms with E-state index in [4.69, 9.17) is 17.0 Å². The minimum absolute atomic E-state index is 0.245. The topological polar surface area (TPSA) is 42.8 Å². The van der Waals surface area contributed by atoms with Crippen molar-refractivity contribution in [1.82, 2.24) is 14.5 Å². The Morgan fingerprint density at radius 2 is 2.30 bits per heavy atom. The van der Waals surface area contributed by atoms with Crippen LogP contribution in [0.5, 0.6) is 5.88 Å². The summed E-state index contributed by atoms with van der Waals surface area (Å²) >= 11 is 7.20. The number of H-pyrrole nitrogens is 1. The van der Waals surface area contributed by atoms with Crippen LogP contribution in [-0.2, 0) is 6.42 Å². The molecule has 0 aliphatic heterocycles. The van der Waals surface area contributed by atoms with Crippen molar-refractivity contribution in [3.05, 3.63) is 39.3 Å². The van der Waals surface area contributed by atoms with Crippen LogP contribution in [0.2, 0.25) is 0 Å². The van der Waals surface area contributed by atoms with Crippen LogP contribution in [0.25, 0.3) is 11.2 Å². The average molecular weight is 305 g/mol. The maximum atomic E-state index is 5.43. The van der Waals surface area contributed by atoms with Gasteiger partial charge in [-0.1, -0.05) is 6.07 Å². The number of nitrogens with one attached hydrogen (secondary N) is 1. The predicted molar refractivity (Wildman–Crippen MR) is 84.2 cm³/mol. The number of hydrogen-bond donors (Lipinski definition) is 1. The molecule has 6 heteroatoms. The lowest BCUT2D eigenvalue weighted by atomic mass is 10.2. The van der Waals surface area contributed by atoms with Crippen molar-refractivity contribution in [3.63, 3.8) is 0 Å². The van der Waals surface area contributed by atoms with E-state index in [2.05, 4.69) is 39.0 Å². The fraction of sp³-hybridized carbons (Fsp3) is 0.286. The van der Waals surface area contributed by atoms with E-state index in [0.29, 0.717) is 10.7 Å². The summed E-state index contributed by atoms with van der Waals surface area (Å²) in [6.45, 7) is 2.16. The minimum atomic E-state index is 0.245. The molecule has 3 rings (SSSR count).